The van der Waals surface area contributed by atoms with Gasteiger partial charge in [0, 0.05) is 6.42 Å². The maximum atomic E-state index is 12.7. The molecule has 3 atom stereocenters. The average molecular weight is 825 g/mol. The van der Waals surface area contributed by atoms with E-state index in [9.17, 15) is 19.4 Å². The van der Waals surface area contributed by atoms with Crippen LogP contribution in [0.4, 0.5) is 0 Å². The molecule has 58 heavy (non-hydrogen) atoms. The minimum atomic E-state index is -4.59. The summed E-state index contributed by atoms with van der Waals surface area (Å²) in [6.07, 6.45) is 58.8. The number of phosphoric ester groups is 1. The van der Waals surface area contributed by atoms with Gasteiger partial charge in [-0.25, -0.2) is 0 Å². The van der Waals surface area contributed by atoms with Gasteiger partial charge >= 0.3 is 0 Å². The van der Waals surface area contributed by atoms with Gasteiger partial charge in [0.1, 0.15) is 13.2 Å². The van der Waals surface area contributed by atoms with Crippen LogP contribution >= 0.6 is 7.82 Å². The first-order valence-electron chi connectivity index (χ1n) is 21.9. The molecule has 3 unspecified atom stereocenters. The van der Waals surface area contributed by atoms with E-state index in [0.29, 0.717) is 23.9 Å². The number of carbonyl (C=O) groups excluding carboxylic acids is 1. The number of unbranched alkanes of at least 4 members (excludes halogenated alkanes) is 6. The van der Waals surface area contributed by atoms with E-state index in [4.69, 9.17) is 9.05 Å². The summed E-state index contributed by atoms with van der Waals surface area (Å²) in [6, 6.07) is -0.909. The van der Waals surface area contributed by atoms with Crippen LogP contribution in [0.2, 0.25) is 0 Å². The molecule has 328 valence electrons. The molecule has 2 N–H and O–H groups in total. The van der Waals surface area contributed by atoms with Crippen molar-refractivity contribution in [3.63, 3.8) is 0 Å². The molecule has 0 aromatic rings. The molecule has 0 saturated heterocycles. The van der Waals surface area contributed by atoms with Gasteiger partial charge in [0.25, 0.3) is 7.82 Å². The Morgan fingerprint density at radius 1 is 0.621 bits per heavy atom. The Bertz CT molecular complexity index is 1350. The van der Waals surface area contributed by atoms with Crippen LogP contribution in [-0.4, -0.2) is 68.5 Å². The number of likely N-dealkylation sites (N-methyl/N-ethyl adjacent to an activating group) is 1. The summed E-state index contributed by atoms with van der Waals surface area (Å²) < 4.78 is 22.9. The monoisotopic (exact) mass is 825 g/mol. The molecule has 0 bridgehead atoms. The zero-order valence-corrected chi connectivity index (χ0v) is 37.8. The zero-order valence-electron chi connectivity index (χ0n) is 36.9. The zero-order chi connectivity index (χ0) is 42.8. The fraction of sp³-hybridized carbons (Fsp3) is 0.571. The van der Waals surface area contributed by atoms with Crippen molar-refractivity contribution in [1.82, 2.24) is 5.32 Å². The third-order valence-corrected chi connectivity index (χ3v) is 9.64. The molecule has 0 aliphatic heterocycles. The summed E-state index contributed by atoms with van der Waals surface area (Å²) in [4.78, 5) is 25.0. The topological polar surface area (TPSA) is 108 Å². The smallest absolute Gasteiger partial charge is 0.268 e. The number of allylic oxidation sites excluding steroid dienone is 19. The minimum absolute atomic E-state index is 0.0164. The average Bonchev–Trinajstić information content (AvgIpc) is 3.17. The Hall–Kier alpha value is -3.10. The van der Waals surface area contributed by atoms with Gasteiger partial charge in [0.05, 0.1) is 39.9 Å². The molecule has 0 aromatic heterocycles. The molecule has 0 heterocycles. The number of phosphoric acid groups is 1. The third kappa shape index (κ3) is 41.1. The van der Waals surface area contributed by atoms with Gasteiger partial charge in [-0.05, 0) is 89.9 Å². The van der Waals surface area contributed by atoms with Crippen molar-refractivity contribution in [2.45, 2.75) is 142 Å². The molecule has 0 aliphatic rings. The van der Waals surface area contributed by atoms with Crippen LogP contribution in [0.25, 0.3) is 0 Å². The Kier molecular flexibility index (Phi) is 37.3. The second kappa shape index (κ2) is 39.4. The number of amides is 1. The molecular weight excluding hydrogens is 744 g/mol. The Morgan fingerprint density at radius 2 is 1.05 bits per heavy atom. The van der Waals surface area contributed by atoms with E-state index in [2.05, 4.69) is 129 Å². The van der Waals surface area contributed by atoms with E-state index in [1.54, 1.807) is 6.08 Å². The van der Waals surface area contributed by atoms with E-state index in [1.807, 2.05) is 27.2 Å². The SMILES string of the molecule is CC/C=C\C/C=C\C/C=C\C/C=C\C/C=C\C/C=C\C/C=C\C/C=C\C/C=C\CCCCCC(=O)NC(COP(=O)([O-])OCC[N+](C)(C)C)C(O)/C=C/CCCCC. The minimum Gasteiger partial charge on any atom is -0.756 e. The van der Waals surface area contributed by atoms with Gasteiger partial charge in [-0.15, -0.1) is 0 Å². The first-order chi connectivity index (χ1) is 28.0. The number of hydrogen-bond acceptors (Lipinski definition) is 6. The highest BCUT2D eigenvalue weighted by Crippen LogP contribution is 2.38. The standard InChI is InChI=1S/C49H81N2O6P/c1-6-8-10-12-13-14-15-16-17-18-19-20-21-22-23-24-25-26-27-28-29-30-31-32-33-34-35-36-37-39-41-43-49(53)50-47(48(52)42-40-38-11-9-7-2)46-57-58(54,55)56-45-44-51(3,4)5/h8,10,13-14,16-17,19-20,22-23,25-26,28-29,31-32,34-35,40,42,47-48,52H,6-7,9,11-12,15,18,21,24,27,30,33,36-39,41,43-46H2,1-5H3,(H-,50,53,54,55)/b10-8-,14-13-,17-16-,20-19-,23-22-,26-25-,29-28-,32-31-,35-34-,42-40+. The number of nitrogens with one attached hydrogen (secondary N) is 1. The maximum Gasteiger partial charge on any atom is 0.268 e. The highest BCUT2D eigenvalue weighted by molar-refractivity contribution is 7.45. The van der Waals surface area contributed by atoms with E-state index in [1.165, 1.54) is 0 Å². The second-order valence-electron chi connectivity index (χ2n) is 15.3. The van der Waals surface area contributed by atoms with Gasteiger partial charge in [0.2, 0.25) is 5.91 Å². The first kappa shape index (κ1) is 54.9. The van der Waals surface area contributed by atoms with Crippen LogP contribution in [0.3, 0.4) is 0 Å². The van der Waals surface area contributed by atoms with Crippen molar-refractivity contribution >= 4 is 13.7 Å². The first-order valence-corrected chi connectivity index (χ1v) is 23.4. The van der Waals surface area contributed by atoms with Crippen LogP contribution in [0, 0.1) is 0 Å². The highest BCUT2D eigenvalue weighted by Gasteiger charge is 2.23. The summed E-state index contributed by atoms with van der Waals surface area (Å²) in [5.74, 6) is -0.245. The summed E-state index contributed by atoms with van der Waals surface area (Å²) in [5.41, 5.74) is 0. The second-order valence-corrected chi connectivity index (χ2v) is 16.7. The van der Waals surface area contributed by atoms with Crippen molar-refractivity contribution in [1.29, 1.82) is 0 Å². The van der Waals surface area contributed by atoms with Crippen molar-refractivity contribution in [3.05, 3.63) is 122 Å². The molecule has 1 amide bonds. The maximum absolute atomic E-state index is 12.7. The number of aliphatic hydroxyl groups is 1. The summed E-state index contributed by atoms with van der Waals surface area (Å²) in [6.45, 7) is 4.34. The number of carbonyl (C=O) groups is 1. The molecule has 9 heteroatoms. The fourth-order valence-electron chi connectivity index (χ4n) is 5.20. The third-order valence-electron chi connectivity index (χ3n) is 8.68. The van der Waals surface area contributed by atoms with Crippen LogP contribution in [0.5, 0.6) is 0 Å². The molecule has 0 aliphatic carbocycles. The van der Waals surface area contributed by atoms with Gasteiger partial charge in [-0.1, -0.05) is 155 Å². The quantitative estimate of drug-likeness (QED) is 0.0280. The van der Waals surface area contributed by atoms with E-state index < -0.39 is 26.6 Å². The lowest BCUT2D eigenvalue weighted by molar-refractivity contribution is -0.870. The summed E-state index contributed by atoms with van der Waals surface area (Å²) in [7, 11) is 1.21. The summed E-state index contributed by atoms with van der Waals surface area (Å²) in [5, 5.41) is 13.5. The molecule has 0 radical (unpaired) electrons. The number of quaternary nitrogens is 1. The van der Waals surface area contributed by atoms with E-state index >= 15 is 0 Å². The molecule has 0 fully saturated rings. The number of aliphatic hydroxyl groups excluding tert-OH is 1. The van der Waals surface area contributed by atoms with Crippen molar-refractivity contribution in [3.8, 4) is 0 Å². The van der Waals surface area contributed by atoms with Gasteiger partial charge < -0.3 is 28.8 Å². The van der Waals surface area contributed by atoms with Crippen LogP contribution < -0.4 is 10.2 Å². The molecular formula is C49H81N2O6P. The van der Waals surface area contributed by atoms with Gasteiger partial charge in [-0.3, -0.25) is 9.36 Å². The molecule has 0 rings (SSSR count). The Morgan fingerprint density at radius 3 is 1.50 bits per heavy atom. The fourth-order valence-corrected chi connectivity index (χ4v) is 5.92. The van der Waals surface area contributed by atoms with Crippen molar-refractivity contribution in [2.24, 2.45) is 0 Å². The molecule has 0 aromatic carbocycles. The van der Waals surface area contributed by atoms with Gasteiger partial charge in [0.15, 0.2) is 0 Å². The van der Waals surface area contributed by atoms with Gasteiger partial charge in [-0.2, -0.15) is 0 Å². The lowest BCUT2D eigenvalue weighted by Crippen LogP contribution is -2.45. The highest BCUT2D eigenvalue weighted by atomic mass is 31.2. The van der Waals surface area contributed by atoms with E-state index in [0.717, 1.165) is 103 Å². The number of hydrogen-bond donors (Lipinski definition) is 2. The number of nitrogens with zero attached hydrogens (tertiary/aromatic N) is 1. The van der Waals surface area contributed by atoms with Crippen LogP contribution in [-0.2, 0) is 18.4 Å². The Balaban J connectivity index is 4.18. The predicted molar refractivity (Wildman–Crippen MR) is 246 cm³/mol. The van der Waals surface area contributed by atoms with E-state index in [-0.39, 0.29) is 12.5 Å². The Labute approximate surface area is 354 Å². The van der Waals surface area contributed by atoms with Crippen molar-refractivity contribution in [2.75, 3.05) is 40.9 Å². The molecule has 0 saturated carbocycles. The van der Waals surface area contributed by atoms with Crippen LogP contribution in [0.1, 0.15) is 129 Å². The summed E-state index contributed by atoms with van der Waals surface area (Å²) >= 11 is 0. The number of rotatable bonds is 37. The lowest BCUT2D eigenvalue weighted by Gasteiger charge is -2.29. The normalized spacial score (nSPS) is 15.5. The molecule has 8 nitrogen and oxygen atoms in total. The van der Waals surface area contributed by atoms with Crippen LogP contribution in [0.15, 0.2) is 122 Å². The predicted octanol–water partition coefficient (Wildman–Crippen LogP) is 11.7. The largest absolute Gasteiger partial charge is 0.756 e. The molecule has 0 spiro atoms. The van der Waals surface area contributed by atoms with Crippen molar-refractivity contribution < 1.29 is 32.9 Å². The lowest BCUT2D eigenvalue weighted by atomic mass is 10.1.